The van der Waals surface area contributed by atoms with Crippen LogP contribution in [0.1, 0.15) is 23.7 Å². The second-order valence-electron chi connectivity index (χ2n) is 7.45. The molecule has 0 atom stereocenters. The predicted octanol–water partition coefficient (Wildman–Crippen LogP) is 4.65. The number of rotatable bonds is 5. The van der Waals surface area contributed by atoms with E-state index in [4.69, 9.17) is 4.11 Å². The quantitative estimate of drug-likeness (QED) is 0.402. The summed E-state index contributed by atoms with van der Waals surface area (Å²) in [6.45, 7) is -2.17. The third-order valence-electron chi connectivity index (χ3n) is 4.63. The van der Waals surface area contributed by atoms with E-state index in [-0.39, 0.29) is 4.57 Å². The third kappa shape index (κ3) is 4.79. The maximum absolute atomic E-state index is 15.4. The van der Waals surface area contributed by atoms with Gasteiger partial charge in [0.15, 0.2) is 17.3 Å². The average molecular weight is 471 g/mol. The highest BCUT2D eigenvalue weighted by molar-refractivity contribution is 5.92. The van der Waals surface area contributed by atoms with Gasteiger partial charge in [-0.1, -0.05) is 12.0 Å². The summed E-state index contributed by atoms with van der Waals surface area (Å²) in [7, 11) is 0. The minimum atomic E-state index is -3.15. The number of halogens is 6. The Morgan fingerprint density at radius 1 is 1.21 bits per heavy atom. The summed E-state index contributed by atoms with van der Waals surface area (Å²) < 4.78 is 107. The molecular formula is C22H18F6N4O. The predicted molar refractivity (Wildman–Crippen MR) is 111 cm³/mol. The average Bonchev–Trinajstić information content (AvgIpc) is 2.75. The molecule has 33 heavy (non-hydrogen) atoms. The first-order valence-corrected chi connectivity index (χ1v) is 9.38. The summed E-state index contributed by atoms with van der Waals surface area (Å²) in [5, 5.41) is -0.628. The molecule has 3 aromatic rings. The van der Waals surface area contributed by atoms with E-state index in [0.717, 1.165) is 44.3 Å². The number of fused-ring (bicyclic) bond motifs is 1. The van der Waals surface area contributed by atoms with Gasteiger partial charge in [0.25, 0.3) is 12.9 Å². The molecular weight excluding hydrogens is 450 g/mol. The van der Waals surface area contributed by atoms with Gasteiger partial charge >= 0.3 is 5.69 Å². The number of anilines is 2. The van der Waals surface area contributed by atoms with Crippen molar-refractivity contribution in [3.63, 3.8) is 0 Å². The fourth-order valence-electron chi connectivity index (χ4n) is 2.86. The van der Waals surface area contributed by atoms with Crippen LogP contribution >= 0.6 is 0 Å². The van der Waals surface area contributed by atoms with Crippen LogP contribution in [0.15, 0.2) is 35.3 Å². The molecule has 3 rings (SSSR count). The number of aromatic nitrogens is 3. The van der Waals surface area contributed by atoms with Crippen molar-refractivity contribution in [1.29, 1.82) is 0 Å². The molecule has 0 aliphatic rings. The monoisotopic (exact) mass is 471 g/mol. The molecule has 0 unspecified atom stereocenters. The van der Waals surface area contributed by atoms with Gasteiger partial charge in [-0.15, -0.1) is 0 Å². The zero-order valence-corrected chi connectivity index (χ0v) is 17.2. The summed E-state index contributed by atoms with van der Waals surface area (Å²) in [6, 6.07) is 3.98. The summed E-state index contributed by atoms with van der Waals surface area (Å²) in [5.74, 6) is 1.13. The largest absolute Gasteiger partial charge is 0.349 e. The van der Waals surface area contributed by atoms with E-state index >= 15 is 4.39 Å². The first-order valence-electron chi connectivity index (χ1n) is 10.9. The lowest BCUT2D eigenvalue weighted by atomic mass is 9.95. The van der Waals surface area contributed by atoms with Crippen LogP contribution in [0.3, 0.4) is 0 Å². The zero-order chi connectivity index (χ0) is 27.0. The van der Waals surface area contributed by atoms with E-state index in [1.54, 1.807) is 0 Å². The molecule has 2 aromatic heterocycles. The highest BCUT2D eigenvalue weighted by atomic mass is 19.3. The first-order chi connectivity index (χ1) is 16.6. The highest BCUT2D eigenvalue weighted by Gasteiger charge is 2.28. The van der Waals surface area contributed by atoms with Crippen molar-refractivity contribution in [3.05, 3.63) is 58.3 Å². The van der Waals surface area contributed by atoms with E-state index in [9.17, 15) is 26.7 Å². The van der Waals surface area contributed by atoms with Crippen molar-refractivity contribution in [1.82, 2.24) is 14.5 Å². The van der Waals surface area contributed by atoms with Crippen LogP contribution in [0.5, 0.6) is 0 Å². The van der Waals surface area contributed by atoms with Gasteiger partial charge in [-0.2, -0.15) is 4.98 Å². The number of hydrogen-bond acceptors (Lipinski definition) is 4. The number of aryl methyl sites for hydroxylation is 1. The molecule has 2 heterocycles. The molecule has 0 saturated heterocycles. The number of hydrogen-bond donors (Lipinski definition) is 0. The maximum atomic E-state index is 15.4. The second-order valence-corrected chi connectivity index (χ2v) is 7.45. The van der Waals surface area contributed by atoms with E-state index in [2.05, 4.69) is 21.8 Å². The molecule has 0 aliphatic carbocycles. The SMILES string of the molecule is [2H]C([2H])([2H])n1c(=O)nc(N(CC(F)F)c2ccnc(C#CC(C)(C)C(F)F)c2F)c2c(F)cccc21. The Hall–Kier alpha value is -3.55. The Morgan fingerprint density at radius 3 is 2.58 bits per heavy atom. The van der Waals surface area contributed by atoms with Crippen molar-refractivity contribution >= 4 is 22.4 Å². The Labute approximate surface area is 188 Å². The van der Waals surface area contributed by atoms with E-state index in [1.807, 2.05) is 0 Å². The van der Waals surface area contributed by atoms with Crippen LogP contribution in [-0.4, -0.2) is 33.9 Å². The Kier molecular flexibility index (Phi) is 5.56. The maximum Gasteiger partial charge on any atom is 0.349 e. The summed E-state index contributed by atoms with van der Waals surface area (Å²) in [5.41, 5.74) is -5.07. The number of alkyl halides is 4. The van der Waals surface area contributed by atoms with Crippen molar-refractivity contribution in [2.24, 2.45) is 12.4 Å². The van der Waals surface area contributed by atoms with E-state index in [1.165, 1.54) is 0 Å². The Balaban J connectivity index is 2.33. The van der Waals surface area contributed by atoms with Gasteiger partial charge in [-0.05, 0) is 38.0 Å². The number of benzene rings is 1. The standard InChI is InChI=1S/C22H18F6N4O/c1-22(2,20(27)28)9-7-13-18(26)15(8-10-29-13)32(11-16(24)25)19-17-12(23)5-4-6-14(17)31(3)21(33)30-19/h4-6,8,10,16,20H,11H2,1-3H3/i3D3. The molecule has 0 saturated carbocycles. The topological polar surface area (TPSA) is 51.0 Å². The molecule has 0 aliphatic heterocycles. The fourth-order valence-corrected chi connectivity index (χ4v) is 2.86. The molecule has 174 valence electrons. The lowest BCUT2D eigenvalue weighted by molar-refractivity contribution is 0.0570. The summed E-state index contributed by atoms with van der Waals surface area (Å²) in [6.07, 6.45) is -5.08. The van der Waals surface area contributed by atoms with Crippen LogP contribution in [0.25, 0.3) is 10.9 Å². The minimum absolute atomic E-state index is 0.210. The Bertz CT molecular complexity index is 1410. The summed E-state index contributed by atoms with van der Waals surface area (Å²) in [4.78, 5) is 20.3. The van der Waals surface area contributed by atoms with Gasteiger partial charge in [0, 0.05) is 17.3 Å². The second kappa shape index (κ2) is 9.13. The smallest absolute Gasteiger partial charge is 0.317 e. The van der Waals surface area contributed by atoms with Gasteiger partial charge in [0.2, 0.25) is 0 Å². The number of pyridine rings is 1. The molecule has 11 heteroatoms. The van der Waals surface area contributed by atoms with Crippen molar-refractivity contribution in [2.75, 3.05) is 11.4 Å². The minimum Gasteiger partial charge on any atom is -0.317 e. The van der Waals surface area contributed by atoms with Gasteiger partial charge in [-0.25, -0.2) is 36.1 Å². The van der Waals surface area contributed by atoms with Crippen LogP contribution in [0.4, 0.5) is 37.8 Å². The van der Waals surface area contributed by atoms with Crippen molar-refractivity contribution in [2.45, 2.75) is 26.7 Å². The first kappa shape index (κ1) is 20.1. The van der Waals surface area contributed by atoms with Crippen LogP contribution in [0, 0.1) is 28.9 Å². The zero-order valence-electron chi connectivity index (χ0n) is 20.2. The Morgan fingerprint density at radius 2 is 1.94 bits per heavy atom. The number of nitrogens with zero attached hydrogens (tertiary/aromatic N) is 4. The molecule has 0 bridgehead atoms. The van der Waals surface area contributed by atoms with Gasteiger partial charge < -0.3 is 4.90 Å². The van der Waals surface area contributed by atoms with Gasteiger partial charge in [-0.3, -0.25) is 4.57 Å². The third-order valence-corrected chi connectivity index (χ3v) is 4.63. The van der Waals surface area contributed by atoms with E-state index < -0.39 is 77.2 Å². The lowest BCUT2D eigenvalue weighted by Gasteiger charge is -2.25. The van der Waals surface area contributed by atoms with Gasteiger partial charge in [0.05, 0.1) is 28.6 Å². The van der Waals surface area contributed by atoms with Crippen LogP contribution in [-0.2, 0) is 6.98 Å². The van der Waals surface area contributed by atoms with E-state index in [0.29, 0.717) is 4.90 Å². The molecule has 1 aromatic carbocycles. The highest BCUT2D eigenvalue weighted by Crippen LogP contribution is 2.33. The molecule has 0 spiro atoms. The van der Waals surface area contributed by atoms with Crippen LogP contribution < -0.4 is 10.6 Å². The molecule has 0 radical (unpaired) electrons. The summed E-state index contributed by atoms with van der Waals surface area (Å²) >= 11 is 0. The molecule has 0 amide bonds. The van der Waals surface area contributed by atoms with Gasteiger partial charge in [0.1, 0.15) is 5.82 Å². The van der Waals surface area contributed by atoms with Crippen LogP contribution in [0.2, 0.25) is 0 Å². The van der Waals surface area contributed by atoms with Crippen molar-refractivity contribution < 1.29 is 30.5 Å². The normalized spacial score (nSPS) is 13.5. The fraction of sp³-hybridized carbons (Fsp3) is 0.318. The molecule has 0 N–H and O–H groups in total. The molecule has 0 fully saturated rings. The van der Waals surface area contributed by atoms with Crippen molar-refractivity contribution in [3.8, 4) is 11.8 Å². The molecule has 5 nitrogen and oxygen atoms in total. The lowest BCUT2D eigenvalue weighted by Crippen LogP contribution is -2.30.